The van der Waals surface area contributed by atoms with Crippen LogP contribution in [0.4, 0.5) is 5.69 Å². The van der Waals surface area contributed by atoms with Crippen molar-refractivity contribution < 1.29 is 4.79 Å². The maximum absolute atomic E-state index is 12.1. The predicted octanol–water partition coefficient (Wildman–Crippen LogP) is 3.71. The van der Waals surface area contributed by atoms with Gasteiger partial charge in [0.1, 0.15) is 5.69 Å². The summed E-state index contributed by atoms with van der Waals surface area (Å²) in [5.41, 5.74) is 3.27. The van der Waals surface area contributed by atoms with Crippen LogP contribution in [0.25, 0.3) is 0 Å². The van der Waals surface area contributed by atoms with Gasteiger partial charge in [0.2, 0.25) is 0 Å². The highest BCUT2D eigenvalue weighted by atomic mass is 35.5. The number of nitrogens with one attached hydrogen (secondary N) is 2. The van der Waals surface area contributed by atoms with E-state index in [0.29, 0.717) is 12.2 Å². The fourth-order valence-corrected chi connectivity index (χ4v) is 2.53. The number of rotatable bonds is 7. The van der Waals surface area contributed by atoms with Gasteiger partial charge in [-0.05, 0) is 48.4 Å². The molecule has 132 valence electrons. The van der Waals surface area contributed by atoms with Gasteiger partial charge in [0.15, 0.2) is 0 Å². The fraction of sp³-hybridized carbons (Fsp3) is 0.150. The van der Waals surface area contributed by atoms with Gasteiger partial charge >= 0.3 is 0 Å². The second kappa shape index (κ2) is 8.97. The van der Waals surface area contributed by atoms with E-state index in [9.17, 15) is 4.79 Å². The lowest BCUT2D eigenvalue weighted by Crippen LogP contribution is -2.24. The molecule has 0 aliphatic carbocycles. The highest BCUT2D eigenvalue weighted by molar-refractivity contribution is 6.30. The zero-order chi connectivity index (χ0) is 18.2. The van der Waals surface area contributed by atoms with Gasteiger partial charge < -0.3 is 10.6 Å². The van der Waals surface area contributed by atoms with E-state index >= 15 is 0 Å². The lowest BCUT2D eigenvalue weighted by molar-refractivity contribution is 0.0945. The second-order valence-electron chi connectivity index (χ2n) is 5.74. The molecule has 1 aromatic carbocycles. The topological polar surface area (TPSA) is 66.9 Å². The highest BCUT2D eigenvalue weighted by Gasteiger charge is 2.07. The fourth-order valence-electron chi connectivity index (χ4n) is 2.40. The van der Waals surface area contributed by atoms with E-state index in [2.05, 4.69) is 20.6 Å². The van der Waals surface area contributed by atoms with Gasteiger partial charge in [0.05, 0.1) is 24.1 Å². The van der Waals surface area contributed by atoms with Crippen LogP contribution >= 0.6 is 11.6 Å². The van der Waals surface area contributed by atoms with E-state index in [1.54, 1.807) is 18.5 Å². The van der Waals surface area contributed by atoms with Crippen molar-refractivity contribution in [2.75, 3.05) is 11.9 Å². The van der Waals surface area contributed by atoms with Gasteiger partial charge in [0.25, 0.3) is 5.91 Å². The van der Waals surface area contributed by atoms with Crippen LogP contribution < -0.4 is 10.6 Å². The van der Waals surface area contributed by atoms with E-state index in [0.717, 1.165) is 29.4 Å². The Morgan fingerprint density at radius 2 is 1.85 bits per heavy atom. The number of nitrogens with zero attached hydrogens (tertiary/aromatic N) is 2. The number of amides is 1. The number of pyridine rings is 2. The van der Waals surface area contributed by atoms with Crippen LogP contribution in [0.3, 0.4) is 0 Å². The molecular formula is C20H19ClN4O. The van der Waals surface area contributed by atoms with Gasteiger partial charge in [-0.2, -0.15) is 0 Å². The van der Waals surface area contributed by atoms with E-state index in [4.69, 9.17) is 11.6 Å². The average molecular weight is 367 g/mol. The van der Waals surface area contributed by atoms with E-state index in [1.165, 1.54) is 5.56 Å². The van der Waals surface area contributed by atoms with Crippen LogP contribution in [0.1, 0.15) is 21.7 Å². The number of halogens is 1. The summed E-state index contributed by atoms with van der Waals surface area (Å²) < 4.78 is 0. The molecule has 2 heterocycles. The number of hydrogen-bond acceptors (Lipinski definition) is 4. The van der Waals surface area contributed by atoms with Crippen LogP contribution in [0, 0.1) is 0 Å². The quantitative estimate of drug-likeness (QED) is 0.668. The van der Waals surface area contributed by atoms with Crippen LogP contribution in [-0.4, -0.2) is 22.4 Å². The summed E-state index contributed by atoms with van der Waals surface area (Å²) in [4.78, 5) is 20.5. The number of hydrogen-bond donors (Lipinski definition) is 2. The Bertz CT molecular complexity index is 836. The maximum Gasteiger partial charge on any atom is 0.270 e. The Balaban J connectivity index is 1.46. The number of carbonyl (C=O) groups is 1. The summed E-state index contributed by atoms with van der Waals surface area (Å²) in [6.45, 7) is 1.15. The Labute approximate surface area is 157 Å². The number of anilines is 1. The van der Waals surface area contributed by atoms with Crippen LogP contribution in [0.2, 0.25) is 5.02 Å². The van der Waals surface area contributed by atoms with Crippen molar-refractivity contribution >= 4 is 23.2 Å². The molecule has 1 amide bonds. The predicted molar refractivity (Wildman–Crippen MR) is 103 cm³/mol. The smallest absolute Gasteiger partial charge is 0.270 e. The number of aromatic nitrogens is 2. The molecule has 0 aliphatic rings. The SMILES string of the molecule is O=C(NCc1ccccn1)c1ccc(NCCc2ccc(Cl)cc2)cn1. The molecule has 0 saturated carbocycles. The van der Waals surface area contributed by atoms with Gasteiger partial charge in [-0.3, -0.25) is 9.78 Å². The van der Waals surface area contributed by atoms with E-state index in [-0.39, 0.29) is 5.91 Å². The van der Waals surface area contributed by atoms with E-state index < -0.39 is 0 Å². The molecule has 6 heteroatoms. The monoisotopic (exact) mass is 366 g/mol. The lowest BCUT2D eigenvalue weighted by atomic mass is 10.1. The molecule has 2 aromatic heterocycles. The summed E-state index contributed by atoms with van der Waals surface area (Å²) in [6, 6.07) is 16.9. The van der Waals surface area contributed by atoms with Crippen molar-refractivity contribution in [3.8, 4) is 0 Å². The minimum atomic E-state index is -0.219. The Kier molecular flexibility index (Phi) is 6.17. The minimum absolute atomic E-state index is 0.219. The first-order valence-corrected chi connectivity index (χ1v) is 8.71. The largest absolute Gasteiger partial charge is 0.383 e. The standard InChI is InChI=1S/C20H19ClN4O/c21-16-6-4-15(5-7-16)10-12-23-18-8-9-19(24-13-18)20(26)25-14-17-3-1-2-11-22-17/h1-9,11,13,23H,10,12,14H2,(H,25,26). The Hall–Kier alpha value is -2.92. The molecule has 0 unspecified atom stereocenters. The van der Waals surface area contributed by atoms with Gasteiger partial charge in [-0.1, -0.05) is 29.8 Å². The third-order valence-corrected chi connectivity index (χ3v) is 4.06. The molecule has 3 aromatic rings. The maximum atomic E-state index is 12.1. The summed E-state index contributed by atoms with van der Waals surface area (Å²) >= 11 is 5.88. The average Bonchev–Trinajstić information content (AvgIpc) is 2.69. The lowest BCUT2D eigenvalue weighted by Gasteiger charge is -2.08. The van der Waals surface area contributed by atoms with Crippen LogP contribution in [0.15, 0.2) is 67.0 Å². The second-order valence-corrected chi connectivity index (χ2v) is 6.18. The van der Waals surface area contributed by atoms with E-state index in [1.807, 2.05) is 48.5 Å². The molecule has 3 rings (SSSR count). The molecule has 0 atom stereocenters. The Morgan fingerprint density at radius 1 is 1.00 bits per heavy atom. The Morgan fingerprint density at radius 3 is 2.54 bits per heavy atom. The summed E-state index contributed by atoms with van der Waals surface area (Å²) in [7, 11) is 0. The van der Waals surface area contributed by atoms with Crippen molar-refractivity contribution in [3.05, 3.63) is 89.0 Å². The first kappa shape index (κ1) is 17.9. The molecule has 5 nitrogen and oxygen atoms in total. The molecule has 0 bridgehead atoms. The molecule has 0 radical (unpaired) electrons. The van der Waals surface area contributed by atoms with Crippen LogP contribution in [0.5, 0.6) is 0 Å². The molecule has 0 fully saturated rings. The normalized spacial score (nSPS) is 10.3. The molecule has 0 saturated heterocycles. The molecule has 0 aliphatic heterocycles. The summed E-state index contributed by atoms with van der Waals surface area (Å²) in [6.07, 6.45) is 4.24. The van der Waals surface area contributed by atoms with Gasteiger partial charge in [0, 0.05) is 17.8 Å². The van der Waals surface area contributed by atoms with Crippen molar-refractivity contribution in [1.29, 1.82) is 0 Å². The minimum Gasteiger partial charge on any atom is -0.383 e. The number of carbonyl (C=O) groups excluding carboxylic acids is 1. The summed E-state index contributed by atoms with van der Waals surface area (Å²) in [5, 5.41) is 6.84. The highest BCUT2D eigenvalue weighted by Crippen LogP contribution is 2.11. The number of benzene rings is 1. The molecular weight excluding hydrogens is 348 g/mol. The van der Waals surface area contributed by atoms with Gasteiger partial charge in [-0.15, -0.1) is 0 Å². The van der Waals surface area contributed by atoms with Crippen molar-refractivity contribution in [2.24, 2.45) is 0 Å². The van der Waals surface area contributed by atoms with Crippen molar-refractivity contribution in [2.45, 2.75) is 13.0 Å². The summed E-state index contributed by atoms with van der Waals surface area (Å²) in [5.74, 6) is -0.219. The van der Waals surface area contributed by atoms with Crippen LogP contribution in [-0.2, 0) is 13.0 Å². The van der Waals surface area contributed by atoms with Crippen molar-refractivity contribution in [1.82, 2.24) is 15.3 Å². The first-order valence-electron chi connectivity index (χ1n) is 8.33. The van der Waals surface area contributed by atoms with Crippen molar-refractivity contribution in [3.63, 3.8) is 0 Å². The molecule has 26 heavy (non-hydrogen) atoms. The molecule has 2 N–H and O–H groups in total. The third kappa shape index (κ3) is 5.29. The first-order chi connectivity index (χ1) is 12.7. The zero-order valence-corrected chi connectivity index (χ0v) is 14.9. The molecule has 0 spiro atoms. The van der Waals surface area contributed by atoms with Gasteiger partial charge in [-0.25, -0.2) is 4.98 Å². The zero-order valence-electron chi connectivity index (χ0n) is 14.2. The third-order valence-electron chi connectivity index (χ3n) is 3.81.